The molecule has 0 aromatic heterocycles. The molecule has 64 heavy (non-hydrogen) atoms. The zero-order chi connectivity index (χ0) is 49.7. The molecule has 21 heteroatoms. The Morgan fingerprint density at radius 1 is 0.516 bits per heavy atom. The molecule has 0 radical (unpaired) electrons. The van der Waals surface area contributed by atoms with E-state index in [9.17, 15) is 28.8 Å². The summed E-state index contributed by atoms with van der Waals surface area (Å²) < 4.78 is 55.4. The Morgan fingerprint density at radius 3 is 1.06 bits per heavy atom. The van der Waals surface area contributed by atoms with Crippen LogP contribution in [0.3, 0.4) is 0 Å². The average molecular weight is 929 g/mol. The minimum absolute atomic E-state index is 0.00138. The smallest absolute Gasteiger partial charge is 0.308 e. The van der Waals surface area contributed by atoms with Gasteiger partial charge in [-0.3, -0.25) is 34.0 Å². The van der Waals surface area contributed by atoms with Crippen molar-refractivity contribution in [3.8, 4) is 0 Å². The molecule has 0 bridgehead atoms. The molecule has 0 aliphatic carbocycles. The van der Waals surface area contributed by atoms with Gasteiger partial charge in [0.1, 0.15) is 22.3 Å². The van der Waals surface area contributed by atoms with Gasteiger partial charge in [0.15, 0.2) is 0 Å². The number of nitrogens with two attached hydrogens (primary N) is 2. The molecule has 0 saturated carbocycles. The number of hydroxylamine groups is 2. The van der Waals surface area contributed by atoms with E-state index in [-0.39, 0.29) is 102 Å². The standard InChI is InChI=1S/C36H68N2O14.C4H5NO3.C2H6.CH5N/c1-33(2,3)50-30(40)11-16-47-26-36(27-48-17-12-31(41)51-34(4,5)6,28-49-18-13-32(42)52-35(7,8)9)38-29(39)10-15-43-20-22-45-24-25-46-23-21-44-19-14-37;6-3-1-2-4(7)5(3)8;2*1-2/h10-28,37H2,1-9H3,(H,38,39);8H,1-2H2;1-2H3;2H2,1H3. The van der Waals surface area contributed by atoms with Crippen LogP contribution in [0.2, 0.25) is 0 Å². The van der Waals surface area contributed by atoms with Gasteiger partial charge >= 0.3 is 17.9 Å². The minimum atomic E-state index is -1.26. The summed E-state index contributed by atoms with van der Waals surface area (Å²) in [7, 11) is 1.50. The monoisotopic (exact) mass is 929 g/mol. The lowest BCUT2D eigenvalue weighted by Gasteiger charge is -2.34. The maximum atomic E-state index is 13.2. The van der Waals surface area contributed by atoms with Crippen molar-refractivity contribution in [1.29, 1.82) is 0 Å². The minimum Gasteiger partial charge on any atom is -0.460 e. The number of hydrogen-bond donors (Lipinski definition) is 4. The van der Waals surface area contributed by atoms with Crippen molar-refractivity contribution in [3.05, 3.63) is 0 Å². The SMILES string of the molecule is CC.CC(C)(C)OC(=O)CCOCC(COCCC(=O)OC(C)(C)C)(COCCC(=O)OC(C)(C)C)NC(=O)CCOCCOCCOCCOCCN.CN.O=C1CCC(=O)N1O. The van der Waals surface area contributed by atoms with Gasteiger partial charge in [-0.05, 0) is 69.4 Å². The van der Waals surface area contributed by atoms with E-state index < -0.39 is 52.1 Å². The molecule has 0 unspecified atom stereocenters. The van der Waals surface area contributed by atoms with Crippen LogP contribution >= 0.6 is 0 Å². The van der Waals surface area contributed by atoms with Crippen molar-refractivity contribution in [3.63, 3.8) is 0 Å². The second-order valence-electron chi connectivity index (χ2n) is 16.6. The maximum Gasteiger partial charge on any atom is 0.308 e. The van der Waals surface area contributed by atoms with Crippen LogP contribution in [-0.2, 0) is 76.1 Å². The summed E-state index contributed by atoms with van der Waals surface area (Å²) >= 11 is 0. The third-order valence-electron chi connectivity index (χ3n) is 7.03. The van der Waals surface area contributed by atoms with Crippen molar-refractivity contribution in [2.24, 2.45) is 11.5 Å². The molecule has 1 saturated heterocycles. The van der Waals surface area contributed by atoms with Gasteiger partial charge in [0, 0.05) is 25.8 Å². The largest absolute Gasteiger partial charge is 0.460 e. The fourth-order valence-electron chi connectivity index (χ4n) is 4.61. The van der Waals surface area contributed by atoms with E-state index in [1.165, 1.54) is 7.05 Å². The van der Waals surface area contributed by atoms with Crippen molar-refractivity contribution in [2.45, 2.75) is 137 Å². The number of imide groups is 1. The van der Waals surface area contributed by atoms with Crippen molar-refractivity contribution >= 4 is 35.6 Å². The van der Waals surface area contributed by atoms with Crippen LogP contribution in [-0.4, -0.2) is 174 Å². The van der Waals surface area contributed by atoms with E-state index in [1.54, 1.807) is 62.3 Å². The summed E-state index contributed by atoms with van der Waals surface area (Å²) in [5, 5.41) is 11.5. The summed E-state index contributed by atoms with van der Waals surface area (Å²) in [5.74, 6) is -2.71. The molecule has 1 aliphatic rings. The number of rotatable bonds is 30. The maximum absolute atomic E-state index is 13.2. The van der Waals surface area contributed by atoms with Gasteiger partial charge in [0.2, 0.25) is 5.91 Å². The lowest BCUT2D eigenvalue weighted by molar-refractivity contribution is -0.171. The van der Waals surface area contributed by atoms with Gasteiger partial charge in [0.25, 0.3) is 11.8 Å². The fraction of sp³-hybridized carbons (Fsp3) is 0.860. The Morgan fingerprint density at radius 2 is 0.797 bits per heavy atom. The van der Waals surface area contributed by atoms with Crippen molar-refractivity contribution in [2.75, 3.05) is 106 Å². The molecule has 3 amide bonds. The number of hydrogen-bond acceptors (Lipinski definition) is 19. The van der Waals surface area contributed by atoms with E-state index in [0.29, 0.717) is 46.2 Å². The highest BCUT2D eigenvalue weighted by atomic mass is 16.6. The molecule has 1 aliphatic heterocycles. The van der Waals surface area contributed by atoms with Crippen molar-refractivity contribution < 1.29 is 81.3 Å². The highest BCUT2D eigenvalue weighted by Gasteiger charge is 2.34. The van der Waals surface area contributed by atoms with Crippen molar-refractivity contribution in [1.82, 2.24) is 10.4 Å². The van der Waals surface area contributed by atoms with Crippen LogP contribution in [0.1, 0.15) is 115 Å². The van der Waals surface area contributed by atoms with Gasteiger partial charge in [0.05, 0.1) is 112 Å². The molecular formula is C43H84N4O17. The molecular weight excluding hydrogens is 844 g/mol. The molecule has 378 valence electrons. The van der Waals surface area contributed by atoms with Crippen LogP contribution in [0.5, 0.6) is 0 Å². The number of amides is 3. The summed E-state index contributed by atoms with van der Waals surface area (Å²) in [6.45, 7) is 23.0. The highest BCUT2D eigenvalue weighted by Crippen LogP contribution is 2.15. The molecule has 0 spiro atoms. The number of esters is 3. The summed E-state index contributed by atoms with van der Waals surface area (Å²) in [6.07, 6.45) is 0.231. The number of carbonyl (C=O) groups excluding carboxylic acids is 6. The molecule has 6 N–H and O–H groups in total. The zero-order valence-electron chi connectivity index (χ0n) is 40.9. The first-order chi connectivity index (χ1) is 30.0. The number of nitrogens with zero attached hydrogens (tertiary/aromatic N) is 1. The van der Waals surface area contributed by atoms with Crippen LogP contribution in [0.4, 0.5) is 0 Å². The molecule has 21 nitrogen and oxygen atoms in total. The Bertz CT molecular complexity index is 1160. The second-order valence-corrected chi connectivity index (χ2v) is 16.6. The molecule has 0 atom stereocenters. The van der Waals surface area contributed by atoms with Gasteiger partial charge in [-0.25, -0.2) is 0 Å². The first kappa shape index (κ1) is 64.9. The van der Waals surface area contributed by atoms with Gasteiger partial charge in [-0.15, -0.1) is 0 Å². The van der Waals surface area contributed by atoms with Gasteiger partial charge < -0.3 is 64.2 Å². The van der Waals surface area contributed by atoms with E-state index >= 15 is 0 Å². The Balaban J connectivity index is -0.00000270. The lowest BCUT2D eigenvalue weighted by atomic mass is 10.0. The molecule has 0 aromatic carbocycles. The number of nitrogens with one attached hydrogen (secondary N) is 1. The van der Waals surface area contributed by atoms with E-state index in [0.717, 1.165) is 0 Å². The number of carbonyl (C=O) groups is 6. The van der Waals surface area contributed by atoms with Crippen LogP contribution < -0.4 is 16.8 Å². The van der Waals surface area contributed by atoms with E-state index in [1.807, 2.05) is 13.8 Å². The topological polar surface area (TPSA) is 282 Å². The quantitative estimate of drug-likeness (QED) is 0.0265. The Hall–Kier alpha value is -3.38. The van der Waals surface area contributed by atoms with Crippen LogP contribution in [0.25, 0.3) is 0 Å². The number of ether oxygens (including phenoxy) is 10. The molecule has 1 fully saturated rings. The van der Waals surface area contributed by atoms with E-state index in [4.69, 9.17) is 58.3 Å². The predicted molar refractivity (Wildman–Crippen MR) is 236 cm³/mol. The van der Waals surface area contributed by atoms with E-state index in [2.05, 4.69) is 11.1 Å². The molecule has 0 aromatic rings. The second kappa shape index (κ2) is 37.8. The highest BCUT2D eigenvalue weighted by molar-refractivity contribution is 6.00. The Kier molecular flexibility index (Phi) is 38.3. The summed E-state index contributed by atoms with van der Waals surface area (Å²) in [5.41, 5.74) is 6.65. The normalized spacial score (nSPS) is 12.8. The fourth-order valence-corrected chi connectivity index (χ4v) is 4.61. The first-order valence-corrected chi connectivity index (χ1v) is 21.8. The third-order valence-corrected chi connectivity index (χ3v) is 7.03. The van der Waals surface area contributed by atoms with Crippen LogP contribution in [0, 0.1) is 0 Å². The molecule has 1 heterocycles. The summed E-state index contributed by atoms with van der Waals surface area (Å²) in [4.78, 5) is 70.5. The summed E-state index contributed by atoms with van der Waals surface area (Å²) in [6, 6.07) is 0. The third kappa shape index (κ3) is 41.3. The van der Waals surface area contributed by atoms with Crippen LogP contribution in [0.15, 0.2) is 0 Å². The molecule has 1 rings (SSSR count). The lowest BCUT2D eigenvalue weighted by Crippen LogP contribution is -2.59. The predicted octanol–water partition coefficient (Wildman–Crippen LogP) is 2.63. The first-order valence-electron chi connectivity index (χ1n) is 21.8. The van der Waals surface area contributed by atoms with Gasteiger partial charge in [-0.2, -0.15) is 5.06 Å². The average Bonchev–Trinajstić information content (AvgIpc) is 3.49. The zero-order valence-corrected chi connectivity index (χ0v) is 40.9. The van der Waals surface area contributed by atoms with Gasteiger partial charge in [-0.1, -0.05) is 13.8 Å². The Labute approximate surface area is 381 Å².